The monoisotopic (exact) mass is 309 g/mol. The molecule has 23 heavy (non-hydrogen) atoms. The molecule has 0 aliphatic heterocycles. The summed E-state index contributed by atoms with van der Waals surface area (Å²) in [7, 11) is 1.82. The predicted octanol–water partition coefficient (Wildman–Crippen LogP) is 4.37. The van der Waals surface area contributed by atoms with E-state index in [-0.39, 0.29) is 17.8 Å². The molecule has 0 aromatic heterocycles. The third-order valence-corrected chi connectivity index (χ3v) is 4.46. The lowest BCUT2D eigenvalue weighted by molar-refractivity contribution is -0.127. The zero-order chi connectivity index (χ0) is 16.2. The summed E-state index contributed by atoms with van der Waals surface area (Å²) in [6, 6.07) is 14.8. The first-order chi connectivity index (χ1) is 11.2. The van der Waals surface area contributed by atoms with Crippen LogP contribution in [0.4, 0.5) is 4.39 Å². The standard InChI is InChI=1S/C20H20FNO/c1-22(19-12-6-9-15-7-2-4-10-17(15)19)20(23)14-13-16-8-3-5-11-18(16)21/h2-5,7-8,10-11,13-14,19H,6,9,12H2,1H3/b14-13+. The molecule has 1 aliphatic rings. The van der Waals surface area contributed by atoms with Crippen molar-refractivity contribution in [3.63, 3.8) is 0 Å². The quantitative estimate of drug-likeness (QED) is 0.771. The van der Waals surface area contributed by atoms with Crippen molar-refractivity contribution in [1.82, 2.24) is 4.90 Å². The van der Waals surface area contributed by atoms with E-state index in [0.29, 0.717) is 5.56 Å². The molecule has 0 N–H and O–H groups in total. The summed E-state index contributed by atoms with van der Waals surface area (Å²) in [6.07, 6.45) is 6.11. The first-order valence-corrected chi connectivity index (χ1v) is 7.94. The van der Waals surface area contributed by atoms with E-state index in [1.54, 1.807) is 29.2 Å². The molecule has 1 aliphatic carbocycles. The molecule has 1 atom stereocenters. The molecule has 3 heteroatoms. The van der Waals surface area contributed by atoms with Crippen LogP contribution in [0, 0.1) is 5.82 Å². The average molecular weight is 309 g/mol. The maximum atomic E-state index is 13.6. The Balaban J connectivity index is 1.77. The SMILES string of the molecule is CN(C(=O)/C=C/c1ccccc1F)C1CCCc2ccccc21. The van der Waals surface area contributed by atoms with Crippen LogP contribution in [0.2, 0.25) is 0 Å². The highest BCUT2D eigenvalue weighted by Crippen LogP contribution is 2.33. The van der Waals surface area contributed by atoms with Gasteiger partial charge in [-0.25, -0.2) is 4.39 Å². The number of fused-ring (bicyclic) bond motifs is 1. The zero-order valence-electron chi connectivity index (χ0n) is 13.2. The third-order valence-electron chi connectivity index (χ3n) is 4.46. The lowest BCUT2D eigenvalue weighted by atomic mass is 9.87. The highest BCUT2D eigenvalue weighted by molar-refractivity contribution is 5.92. The van der Waals surface area contributed by atoms with E-state index in [0.717, 1.165) is 19.3 Å². The second-order valence-electron chi connectivity index (χ2n) is 5.91. The summed E-state index contributed by atoms with van der Waals surface area (Å²) >= 11 is 0. The van der Waals surface area contributed by atoms with Gasteiger partial charge in [-0.1, -0.05) is 42.5 Å². The van der Waals surface area contributed by atoms with Gasteiger partial charge < -0.3 is 4.90 Å². The molecule has 2 nitrogen and oxygen atoms in total. The van der Waals surface area contributed by atoms with Gasteiger partial charge in [0, 0.05) is 18.7 Å². The summed E-state index contributed by atoms with van der Waals surface area (Å²) in [5, 5.41) is 0. The summed E-state index contributed by atoms with van der Waals surface area (Å²) in [5.41, 5.74) is 2.98. The third kappa shape index (κ3) is 3.34. The van der Waals surface area contributed by atoms with E-state index in [4.69, 9.17) is 0 Å². The molecule has 0 fully saturated rings. The Morgan fingerprint density at radius 3 is 2.74 bits per heavy atom. The van der Waals surface area contributed by atoms with Crippen molar-refractivity contribution >= 4 is 12.0 Å². The number of benzene rings is 2. The number of carbonyl (C=O) groups is 1. The molecule has 0 radical (unpaired) electrons. The zero-order valence-corrected chi connectivity index (χ0v) is 13.2. The summed E-state index contributed by atoms with van der Waals surface area (Å²) in [5.74, 6) is -0.419. The largest absolute Gasteiger partial charge is 0.335 e. The Bertz CT molecular complexity index is 738. The first kappa shape index (κ1) is 15.5. The molecular formula is C20H20FNO. The van der Waals surface area contributed by atoms with Gasteiger partial charge in [-0.2, -0.15) is 0 Å². The number of hydrogen-bond donors (Lipinski definition) is 0. The Hall–Kier alpha value is -2.42. The molecule has 1 amide bonds. The molecule has 0 saturated heterocycles. The van der Waals surface area contributed by atoms with Crippen molar-refractivity contribution in [2.24, 2.45) is 0 Å². The lowest BCUT2D eigenvalue weighted by Gasteiger charge is -2.32. The Morgan fingerprint density at radius 2 is 1.91 bits per heavy atom. The minimum absolute atomic E-state index is 0.0951. The highest BCUT2D eigenvalue weighted by atomic mass is 19.1. The van der Waals surface area contributed by atoms with E-state index >= 15 is 0 Å². The fourth-order valence-electron chi connectivity index (χ4n) is 3.17. The molecule has 2 aromatic carbocycles. The van der Waals surface area contributed by atoms with Crippen molar-refractivity contribution < 1.29 is 9.18 Å². The summed E-state index contributed by atoms with van der Waals surface area (Å²) in [4.78, 5) is 14.2. The van der Waals surface area contributed by atoms with E-state index in [9.17, 15) is 9.18 Å². The molecule has 0 spiro atoms. The first-order valence-electron chi connectivity index (χ1n) is 7.94. The van der Waals surface area contributed by atoms with Gasteiger partial charge in [-0.3, -0.25) is 4.79 Å². The number of nitrogens with zero attached hydrogens (tertiary/aromatic N) is 1. The minimum atomic E-state index is -0.317. The van der Waals surface area contributed by atoms with E-state index in [2.05, 4.69) is 12.1 Å². The van der Waals surface area contributed by atoms with Gasteiger partial charge in [0.1, 0.15) is 5.82 Å². The van der Waals surface area contributed by atoms with Gasteiger partial charge in [0.05, 0.1) is 6.04 Å². The minimum Gasteiger partial charge on any atom is -0.335 e. The van der Waals surface area contributed by atoms with Crippen LogP contribution in [0.1, 0.15) is 35.6 Å². The van der Waals surface area contributed by atoms with Gasteiger partial charge in [0.15, 0.2) is 0 Å². The molecule has 0 saturated carbocycles. The summed E-state index contributed by atoms with van der Waals surface area (Å²) in [6.45, 7) is 0. The van der Waals surface area contributed by atoms with E-state index in [1.165, 1.54) is 23.3 Å². The van der Waals surface area contributed by atoms with E-state index < -0.39 is 0 Å². The van der Waals surface area contributed by atoms with Crippen LogP contribution in [0.3, 0.4) is 0 Å². The number of rotatable bonds is 3. The molecule has 0 heterocycles. The molecule has 2 aromatic rings. The van der Waals surface area contributed by atoms with Crippen LogP contribution in [0.5, 0.6) is 0 Å². The number of amides is 1. The molecule has 0 bridgehead atoms. The van der Waals surface area contributed by atoms with Gasteiger partial charge in [0.2, 0.25) is 5.91 Å². The Morgan fingerprint density at radius 1 is 1.17 bits per heavy atom. The number of likely N-dealkylation sites (N-methyl/N-ethyl adjacent to an activating group) is 1. The lowest BCUT2D eigenvalue weighted by Crippen LogP contribution is -2.32. The predicted molar refractivity (Wildman–Crippen MR) is 90.3 cm³/mol. The maximum absolute atomic E-state index is 13.6. The average Bonchev–Trinajstić information content (AvgIpc) is 2.59. The Labute approximate surface area is 136 Å². The van der Waals surface area contributed by atoms with Crippen LogP contribution < -0.4 is 0 Å². The molecule has 118 valence electrons. The van der Waals surface area contributed by atoms with E-state index in [1.807, 2.05) is 19.2 Å². The van der Waals surface area contributed by atoms with Crippen LogP contribution in [0.25, 0.3) is 6.08 Å². The van der Waals surface area contributed by atoms with Gasteiger partial charge in [-0.15, -0.1) is 0 Å². The molecular weight excluding hydrogens is 289 g/mol. The highest BCUT2D eigenvalue weighted by Gasteiger charge is 2.25. The molecule has 1 unspecified atom stereocenters. The van der Waals surface area contributed by atoms with Crippen LogP contribution in [0.15, 0.2) is 54.6 Å². The van der Waals surface area contributed by atoms with Gasteiger partial charge >= 0.3 is 0 Å². The van der Waals surface area contributed by atoms with Crippen LogP contribution >= 0.6 is 0 Å². The normalized spacial score (nSPS) is 17.0. The van der Waals surface area contributed by atoms with Crippen molar-refractivity contribution in [1.29, 1.82) is 0 Å². The van der Waals surface area contributed by atoms with Crippen molar-refractivity contribution in [3.8, 4) is 0 Å². The second kappa shape index (κ2) is 6.78. The topological polar surface area (TPSA) is 20.3 Å². The Kier molecular flexibility index (Phi) is 4.56. The molecule has 3 rings (SSSR count). The van der Waals surface area contributed by atoms with Crippen molar-refractivity contribution in [2.45, 2.75) is 25.3 Å². The fraction of sp³-hybridized carbons (Fsp3) is 0.250. The van der Waals surface area contributed by atoms with Gasteiger partial charge in [0.25, 0.3) is 0 Å². The number of hydrogen-bond acceptors (Lipinski definition) is 1. The number of aryl methyl sites for hydroxylation is 1. The fourth-order valence-corrected chi connectivity index (χ4v) is 3.17. The maximum Gasteiger partial charge on any atom is 0.246 e. The van der Waals surface area contributed by atoms with Crippen molar-refractivity contribution in [3.05, 3.63) is 77.1 Å². The summed E-state index contributed by atoms with van der Waals surface area (Å²) < 4.78 is 13.6. The van der Waals surface area contributed by atoms with Crippen molar-refractivity contribution in [2.75, 3.05) is 7.05 Å². The van der Waals surface area contributed by atoms with Crippen LogP contribution in [-0.2, 0) is 11.2 Å². The number of halogens is 1. The van der Waals surface area contributed by atoms with Gasteiger partial charge in [-0.05, 0) is 42.5 Å². The smallest absolute Gasteiger partial charge is 0.246 e. The second-order valence-corrected chi connectivity index (χ2v) is 5.91. The van der Waals surface area contributed by atoms with Crippen LogP contribution in [-0.4, -0.2) is 17.9 Å². The number of carbonyl (C=O) groups excluding carboxylic acids is 1.